The number of ether oxygens (including phenoxy) is 1. The molecule has 2 atom stereocenters. The van der Waals surface area contributed by atoms with Crippen molar-refractivity contribution in [3.8, 4) is 11.1 Å². The highest BCUT2D eigenvalue weighted by molar-refractivity contribution is 5.98. The highest BCUT2D eigenvalue weighted by atomic mass is 16.5. The van der Waals surface area contributed by atoms with Crippen molar-refractivity contribution in [3.63, 3.8) is 0 Å². The fourth-order valence-corrected chi connectivity index (χ4v) is 6.29. The zero-order valence-corrected chi connectivity index (χ0v) is 20.7. The smallest absolute Gasteiger partial charge is 0.0920 e. The maximum Gasteiger partial charge on any atom is 0.0920 e. The SMILES string of the molecule is CC12CCC(C)(O1)c1cc(-c3cc4ccccc4cc3N(c3ccccc3)c3ccccc3)ccc12. The van der Waals surface area contributed by atoms with Gasteiger partial charge in [-0.3, -0.25) is 0 Å². The third kappa shape index (κ3) is 3.22. The Hall–Kier alpha value is -3.88. The summed E-state index contributed by atoms with van der Waals surface area (Å²) in [6.07, 6.45) is 2.16. The van der Waals surface area contributed by atoms with Crippen LogP contribution in [-0.4, -0.2) is 0 Å². The second kappa shape index (κ2) is 7.81. The molecule has 5 aromatic carbocycles. The van der Waals surface area contributed by atoms with Crippen molar-refractivity contribution in [2.24, 2.45) is 0 Å². The van der Waals surface area contributed by atoms with Crippen LogP contribution in [0.25, 0.3) is 21.9 Å². The molecule has 2 aliphatic rings. The number of rotatable bonds is 4. The van der Waals surface area contributed by atoms with Gasteiger partial charge in [0.15, 0.2) is 0 Å². The standard InChI is InChI=1S/C34H29NO/c1-33-19-20-34(2,36-33)31-22-26(17-18-30(31)33)29-21-24-11-9-10-12-25(24)23-32(29)35(27-13-5-3-6-14-27)28-15-7-4-8-16-28/h3-18,21-23H,19-20H2,1-2H3. The van der Waals surface area contributed by atoms with Crippen LogP contribution in [0.2, 0.25) is 0 Å². The van der Waals surface area contributed by atoms with Gasteiger partial charge in [-0.05, 0) is 96.6 Å². The van der Waals surface area contributed by atoms with Crippen LogP contribution < -0.4 is 4.90 Å². The van der Waals surface area contributed by atoms with Crippen LogP contribution in [-0.2, 0) is 15.9 Å². The molecule has 0 amide bonds. The summed E-state index contributed by atoms with van der Waals surface area (Å²) in [5.74, 6) is 0. The van der Waals surface area contributed by atoms with E-state index in [0.717, 1.165) is 24.2 Å². The largest absolute Gasteiger partial charge is 0.360 e. The van der Waals surface area contributed by atoms with Gasteiger partial charge >= 0.3 is 0 Å². The van der Waals surface area contributed by atoms with Gasteiger partial charge < -0.3 is 9.64 Å². The van der Waals surface area contributed by atoms with Gasteiger partial charge in [-0.15, -0.1) is 0 Å². The van der Waals surface area contributed by atoms with E-state index < -0.39 is 0 Å². The highest BCUT2D eigenvalue weighted by Crippen LogP contribution is 2.58. The first-order valence-corrected chi connectivity index (χ1v) is 12.8. The fraction of sp³-hybridized carbons (Fsp3) is 0.176. The molecule has 2 nitrogen and oxygen atoms in total. The molecular weight excluding hydrogens is 438 g/mol. The van der Waals surface area contributed by atoms with Gasteiger partial charge in [-0.2, -0.15) is 0 Å². The van der Waals surface area contributed by atoms with Gasteiger partial charge in [0, 0.05) is 16.9 Å². The molecule has 2 heteroatoms. The normalized spacial score (nSPS) is 22.1. The first-order chi connectivity index (χ1) is 17.5. The molecule has 5 aromatic rings. The van der Waals surface area contributed by atoms with Crippen LogP contribution >= 0.6 is 0 Å². The lowest BCUT2D eigenvalue weighted by Crippen LogP contribution is -2.18. The van der Waals surface area contributed by atoms with Gasteiger partial charge in [-0.25, -0.2) is 0 Å². The number of para-hydroxylation sites is 2. The van der Waals surface area contributed by atoms with Crippen LogP contribution in [0.1, 0.15) is 37.8 Å². The third-order valence-electron chi connectivity index (χ3n) is 8.13. The van der Waals surface area contributed by atoms with E-state index in [1.54, 1.807) is 0 Å². The minimum absolute atomic E-state index is 0.158. The number of anilines is 3. The number of benzene rings is 5. The zero-order chi connectivity index (χ0) is 24.3. The lowest BCUT2D eigenvalue weighted by Gasteiger charge is -2.29. The molecule has 2 unspecified atom stereocenters. The Kier molecular flexibility index (Phi) is 4.64. The molecule has 2 bridgehead atoms. The number of hydrogen-bond acceptors (Lipinski definition) is 2. The van der Waals surface area contributed by atoms with E-state index in [1.165, 1.54) is 38.7 Å². The Labute approximate surface area is 212 Å². The molecule has 36 heavy (non-hydrogen) atoms. The number of fused-ring (bicyclic) bond motifs is 6. The summed E-state index contributed by atoms with van der Waals surface area (Å²) >= 11 is 0. The summed E-state index contributed by atoms with van der Waals surface area (Å²) < 4.78 is 6.58. The molecule has 0 aliphatic carbocycles. The highest BCUT2D eigenvalue weighted by Gasteiger charge is 2.54. The summed E-state index contributed by atoms with van der Waals surface area (Å²) in [5.41, 5.74) is 8.25. The lowest BCUT2D eigenvalue weighted by molar-refractivity contribution is -0.0662. The molecule has 0 aromatic heterocycles. The van der Waals surface area contributed by atoms with Crippen LogP contribution in [0.5, 0.6) is 0 Å². The topological polar surface area (TPSA) is 12.5 Å². The summed E-state index contributed by atoms with van der Waals surface area (Å²) in [7, 11) is 0. The van der Waals surface area contributed by atoms with Crippen molar-refractivity contribution < 1.29 is 4.74 Å². The predicted molar refractivity (Wildman–Crippen MR) is 149 cm³/mol. The van der Waals surface area contributed by atoms with Crippen molar-refractivity contribution in [2.75, 3.05) is 4.90 Å². The maximum atomic E-state index is 6.58. The molecule has 2 aliphatic heterocycles. The summed E-state index contributed by atoms with van der Waals surface area (Å²) in [6, 6.07) is 41.6. The van der Waals surface area contributed by atoms with Gasteiger partial charge in [0.1, 0.15) is 0 Å². The van der Waals surface area contributed by atoms with Crippen LogP contribution in [0.15, 0.2) is 115 Å². The van der Waals surface area contributed by atoms with Crippen LogP contribution in [0.4, 0.5) is 17.1 Å². The van der Waals surface area contributed by atoms with E-state index >= 15 is 0 Å². The molecule has 7 rings (SSSR count). The molecule has 0 spiro atoms. The second-order valence-electron chi connectivity index (χ2n) is 10.5. The minimum Gasteiger partial charge on any atom is -0.360 e. The third-order valence-corrected chi connectivity index (χ3v) is 8.13. The van der Waals surface area contributed by atoms with Gasteiger partial charge in [-0.1, -0.05) is 72.8 Å². The van der Waals surface area contributed by atoms with Crippen molar-refractivity contribution in [1.82, 2.24) is 0 Å². The number of nitrogens with zero attached hydrogens (tertiary/aromatic N) is 1. The van der Waals surface area contributed by atoms with E-state index in [0.29, 0.717) is 0 Å². The van der Waals surface area contributed by atoms with Crippen LogP contribution in [0, 0.1) is 0 Å². The molecular formula is C34H29NO. The Morgan fingerprint density at radius 3 is 1.78 bits per heavy atom. The van der Waals surface area contributed by atoms with E-state index in [4.69, 9.17) is 4.74 Å². The minimum atomic E-state index is -0.199. The summed E-state index contributed by atoms with van der Waals surface area (Å²) in [4.78, 5) is 2.38. The summed E-state index contributed by atoms with van der Waals surface area (Å²) in [6.45, 7) is 4.51. The molecule has 2 heterocycles. The van der Waals surface area contributed by atoms with E-state index in [-0.39, 0.29) is 11.2 Å². The monoisotopic (exact) mass is 467 g/mol. The predicted octanol–water partition coefficient (Wildman–Crippen LogP) is 9.23. The molecule has 0 radical (unpaired) electrons. The first-order valence-electron chi connectivity index (χ1n) is 12.8. The van der Waals surface area contributed by atoms with E-state index in [2.05, 4.69) is 134 Å². The Bertz CT molecular complexity index is 1550. The number of hydrogen-bond donors (Lipinski definition) is 0. The molecule has 176 valence electrons. The average molecular weight is 468 g/mol. The fourth-order valence-electron chi connectivity index (χ4n) is 6.29. The van der Waals surface area contributed by atoms with Crippen molar-refractivity contribution in [1.29, 1.82) is 0 Å². The lowest BCUT2D eigenvalue weighted by atomic mass is 9.77. The van der Waals surface area contributed by atoms with Gasteiger partial charge in [0.05, 0.1) is 16.9 Å². The van der Waals surface area contributed by atoms with Crippen LogP contribution in [0.3, 0.4) is 0 Å². The first kappa shape index (κ1) is 21.4. The van der Waals surface area contributed by atoms with E-state index in [9.17, 15) is 0 Å². The Morgan fingerprint density at radius 2 is 1.14 bits per heavy atom. The Morgan fingerprint density at radius 1 is 0.583 bits per heavy atom. The molecule has 0 saturated carbocycles. The molecule has 1 saturated heterocycles. The van der Waals surface area contributed by atoms with Crippen molar-refractivity contribution >= 4 is 27.8 Å². The average Bonchev–Trinajstić information content (AvgIpc) is 3.36. The van der Waals surface area contributed by atoms with E-state index in [1.807, 2.05) is 0 Å². The summed E-state index contributed by atoms with van der Waals surface area (Å²) in [5, 5.41) is 2.48. The van der Waals surface area contributed by atoms with Crippen molar-refractivity contribution in [3.05, 3.63) is 126 Å². The second-order valence-corrected chi connectivity index (χ2v) is 10.5. The molecule has 0 N–H and O–H groups in total. The van der Waals surface area contributed by atoms with Gasteiger partial charge in [0.25, 0.3) is 0 Å². The zero-order valence-electron chi connectivity index (χ0n) is 20.7. The quantitative estimate of drug-likeness (QED) is 0.261. The molecule has 1 fully saturated rings. The Balaban J connectivity index is 1.50. The van der Waals surface area contributed by atoms with Crippen molar-refractivity contribution in [2.45, 2.75) is 37.9 Å². The maximum absolute atomic E-state index is 6.58. The van der Waals surface area contributed by atoms with Gasteiger partial charge in [0.2, 0.25) is 0 Å².